The molecule has 0 saturated heterocycles. The van der Waals surface area contributed by atoms with Crippen LogP contribution in [0.2, 0.25) is 0 Å². The standard InChI is InChI=1S/C68H133NO5/c1-3-5-7-9-11-13-15-17-19-20-21-22-24-27-30-33-36-40-44-48-52-56-60-66(71)65(64-70)69-67(72)61-57-53-49-45-41-37-34-31-28-25-23-26-29-32-35-39-43-47-51-55-59-63-74-68(73)62-58-54-50-46-42-38-18-16-14-12-10-8-6-4-2/h56,60,65-66,70-71H,3-55,57-59,61-64H2,1-2H3,(H,69,72)/b60-56+. The molecule has 2 atom stereocenters. The van der Waals surface area contributed by atoms with Gasteiger partial charge >= 0.3 is 5.97 Å². The van der Waals surface area contributed by atoms with E-state index in [9.17, 15) is 19.8 Å². The molecule has 3 N–H and O–H groups in total. The van der Waals surface area contributed by atoms with Gasteiger partial charge in [0.2, 0.25) is 5.91 Å². The Morgan fingerprint density at radius 3 is 0.919 bits per heavy atom. The van der Waals surface area contributed by atoms with Gasteiger partial charge in [-0.25, -0.2) is 0 Å². The van der Waals surface area contributed by atoms with Gasteiger partial charge in [-0.15, -0.1) is 0 Å². The second-order valence-corrected chi connectivity index (χ2v) is 23.5. The minimum Gasteiger partial charge on any atom is -0.466 e. The molecule has 0 aliphatic heterocycles. The van der Waals surface area contributed by atoms with Gasteiger partial charge in [0.15, 0.2) is 0 Å². The van der Waals surface area contributed by atoms with Crippen molar-refractivity contribution in [3.8, 4) is 0 Å². The van der Waals surface area contributed by atoms with Gasteiger partial charge in [0.05, 0.1) is 25.4 Å². The summed E-state index contributed by atoms with van der Waals surface area (Å²) in [5.74, 6) is -0.0496. The predicted octanol–water partition coefficient (Wildman–Crippen LogP) is 21.6. The van der Waals surface area contributed by atoms with Crippen LogP contribution in [0.25, 0.3) is 0 Å². The smallest absolute Gasteiger partial charge is 0.305 e. The molecule has 0 aliphatic carbocycles. The fourth-order valence-electron chi connectivity index (χ4n) is 10.9. The number of ether oxygens (including phenoxy) is 1. The molecule has 0 aromatic carbocycles. The van der Waals surface area contributed by atoms with E-state index in [1.54, 1.807) is 6.08 Å². The molecular formula is C68H133NO5. The molecule has 6 heteroatoms. The third kappa shape index (κ3) is 59.8. The van der Waals surface area contributed by atoms with Crippen molar-refractivity contribution in [1.82, 2.24) is 5.32 Å². The molecule has 440 valence electrons. The SMILES string of the molecule is CCCCCCCCCCCCCCCCCCCCCC/C=C/C(O)C(CO)NC(=O)CCCCCCCCCCCCCCCCCCCCCCCOC(=O)CCCCCCCCCCCCCCCC. The van der Waals surface area contributed by atoms with Crippen LogP contribution in [-0.4, -0.2) is 47.4 Å². The lowest BCUT2D eigenvalue weighted by Crippen LogP contribution is -2.45. The lowest BCUT2D eigenvalue weighted by molar-refractivity contribution is -0.143. The minimum absolute atomic E-state index is 0.0147. The second-order valence-electron chi connectivity index (χ2n) is 23.5. The Hall–Kier alpha value is -1.40. The molecule has 6 nitrogen and oxygen atoms in total. The molecule has 0 heterocycles. The van der Waals surface area contributed by atoms with Crippen molar-refractivity contribution in [2.45, 2.75) is 398 Å². The summed E-state index contributed by atoms with van der Waals surface area (Å²) in [5, 5.41) is 23.2. The van der Waals surface area contributed by atoms with Crippen LogP contribution >= 0.6 is 0 Å². The summed E-state index contributed by atoms with van der Waals surface area (Å²) >= 11 is 0. The van der Waals surface area contributed by atoms with Crippen molar-refractivity contribution in [3.05, 3.63) is 12.2 Å². The van der Waals surface area contributed by atoms with Crippen LogP contribution in [0, 0.1) is 0 Å². The number of aliphatic hydroxyl groups is 2. The number of unbranched alkanes of at least 4 members (excludes halogenated alkanes) is 53. The molecule has 0 radical (unpaired) electrons. The van der Waals surface area contributed by atoms with Gasteiger partial charge in [0.1, 0.15) is 0 Å². The Kier molecular flexibility index (Phi) is 62.9. The van der Waals surface area contributed by atoms with E-state index in [0.29, 0.717) is 19.4 Å². The van der Waals surface area contributed by atoms with Crippen molar-refractivity contribution in [2.24, 2.45) is 0 Å². The third-order valence-electron chi connectivity index (χ3n) is 16.1. The molecule has 0 aromatic heterocycles. The maximum absolute atomic E-state index is 12.5. The first-order valence-corrected chi connectivity index (χ1v) is 34.0. The van der Waals surface area contributed by atoms with Gasteiger partial charge in [-0.2, -0.15) is 0 Å². The summed E-state index contributed by atoms with van der Waals surface area (Å²) in [6.07, 6.45) is 78.4. The van der Waals surface area contributed by atoms with Gasteiger partial charge < -0.3 is 20.3 Å². The molecule has 1 amide bonds. The van der Waals surface area contributed by atoms with E-state index in [-0.39, 0.29) is 18.5 Å². The molecule has 0 saturated carbocycles. The predicted molar refractivity (Wildman–Crippen MR) is 324 cm³/mol. The van der Waals surface area contributed by atoms with Crippen molar-refractivity contribution < 1.29 is 24.5 Å². The number of esters is 1. The van der Waals surface area contributed by atoms with Crippen molar-refractivity contribution >= 4 is 11.9 Å². The van der Waals surface area contributed by atoms with Crippen molar-refractivity contribution in [2.75, 3.05) is 13.2 Å². The summed E-state index contributed by atoms with van der Waals surface area (Å²) < 4.78 is 5.49. The zero-order chi connectivity index (χ0) is 53.6. The fraction of sp³-hybridized carbons (Fsp3) is 0.941. The Morgan fingerprint density at radius 2 is 0.622 bits per heavy atom. The van der Waals surface area contributed by atoms with E-state index in [0.717, 1.165) is 38.5 Å². The lowest BCUT2D eigenvalue weighted by atomic mass is 10.0. The van der Waals surface area contributed by atoms with Gasteiger partial charge in [0.25, 0.3) is 0 Å². The number of rotatable bonds is 64. The maximum Gasteiger partial charge on any atom is 0.305 e. The largest absolute Gasteiger partial charge is 0.466 e. The highest BCUT2D eigenvalue weighted by Gasteiger charge is 2.18. The van der Waals surface area contributed by atoms with Gasteiger partial charge in [0, 0.05) is 12.8 Å². The Bertz CT molecular complexity index is 1110. The first-order valence-electron chi connectivity index (χ1n) is 34.0. The summed E-state index contributed by atoms with van der Waals surface area (Å²) in [7, 11) is 0. The van der Waals surface area contributed by atoms with Crippen molar-refractivity contribution in [1.29, 1.82) is 0 Å². The van der Waals surface area contributed by atoms with Crippen LogP contribution in [0.3, 0.4) is 0 Å². The van der Waals surface area contributed by atoms with Crippen LogP contribution in [0.5, 0.6) is 0 Å². The molecule has 2 unspecified atom stereocenters. The first-order chi connectivity index (χ1) is 36.5. The summed E-state index contributed by atoms with van der Waals surface area (Å²) in [6.45, 7) is 4.94. The van der Waals surface area contributed by atoms with Crippen LogP contribution in [0.4, 0.5) is 0 Å². The summed E-state index contributed by atoms with van der Waals surface area (Å²) in [6, 6.07) is -0.629. The number of allylic oxidation sites excluding steroid dienone is 1. The Balaban J connectivity index is 3.40. The highest BCUT2D eigenvalue weighted by Crippen LogP contribution is 2.19. The number of carbonyl (C=O) groups excluding carboxylic acids is 2. The molecule has 74 heavy (non-hydrogen) atoms. The number of aliphatic hydroxyl groups excluding tert-OH is 2. The zero-order valence-electron chi connectivity index (χ0n) is 50.4. The zero-order valence-corrected chi connectivity index (χ0v) is 50.4. The van der Waals surface area contributed by atoms with E-state index >= 15 is 0 Å². The average Bonchev–Trinajstić information content (AvgIpc) is 3.40. The Morgan fingerprint density at radius 1 is 0.365 bits per heavy atom. The molecule has 0 spiro atoms. The molecule has 0 bridgehead atoms. The fourth-order valence-corrected chi connectivity index (χ4v) is 10.9. The van der Waals surface area contributed by atoms with Crippen LogP contribution in [0.15, 0.2) is 12.2 Å². The number of carbonyl (C=O) groups is 2. The summed E-state index contributed by atoms with van der Waals surface area (Å²) in [5.41, 5.74) is 0. The number of nitrogens with one attached hydrogen (secondary N) is 1. The highest BCUT2D eigenvalue weighted by atomic mass is 16.5. The molecule has 0 aliphatic rings. The highest BCUT2D eigenvalue weighted by molar-refractivity contribution is 5.76. The van der Waals surface area contributed by atoms with Crippen LogP contribution in [-0.2, 0) is 14.3 Å². The van der Waals surface area contributed by atoms with E-state index in [1.165, 1.54) is 321 Å². The maximum atomic E-state index is 12.5. The van der Waals surface area contributed by atoms with Crippen LogP contribution < -0.4 is 5.32 Å². The normalized spacial score (nSPS) is 12.5. The quantitative estimate of drug-likeness (QED) is 0.0320. The summed E-state index contributed by atoms with van der Waals surface area (Å²) in [4.78, 5) is 24.6. The lowest BCUT2D eigenvalue weighted by Gasteiger charge is -2.20. The minimum atomic E-state index is -0.845. The van der Waals surface area contributed by atoms with E-state index in [4.69, 9.17) is 4.74 Å². The monoisotopic (exact) mass is 1040 g/mol. The second kappa shape index (κ2) is 64.1. The van der Waals surface area contributed by atoms with Crippen LogP contribution in [0.1, 0.15) is 386 Å². The van der Waals surface area contributed by atoms with E-state index in [2.05, 4.69) is 19.2 Å². The molecule has 0 fully saturated rings. The van der Waals surface area contributed by atoms with Gasteiger partial charge in [-0.1, -0.05) is 353 Å². The number of amides is 1. The van der Waals surface area contributed by atoms with E-state index < -0.39 is 12.1 Å². The third-order valence-corrected chi connectivity index (χ3v) is 16.1. The van der Waals surface area contributed by atoms with Crippen molar-refractivity contribution in [3.63, 3.8) is 0 Å². The van der Waals surface area contributed by atoms with E-state index in [1.807, 2.05) is 6.08 Å². The topological polar surface area (TPSA) is 95.9 Å². The molecular weight excluding hydrogens is 911 g/mol. The first kappa shape index (κ1) is 72.6. The average molecular weight is 1040 g/mol. The molecule has 0 rings (SSSR count). The number of hydrogen-bond acceptors (Lipinski definition) is 5. The molecule has 0 aromatic rings. The van der Waals surface area contributed by atoms with Gasteiger partial charge in [-0.05, 0) is 32.1 Å². The Labute approximate surface area is 463 Å². The number of hydrogen-bond donors (Lipinski definition) is 3. The van der Waals surface area contributed by atoms with Gasteiger partial charge in [-0.3, -0.25) is 9.59 Å².